The number of carbonyl (C=O) groups excluding carboxylic acids is 3. The van der Waals surface area contributed by atoms with Crippen molar-refractivity contribution < 1.29 is 29.3 Å². The predicted octanol–water partition coefficient (Wildman–Crippen LogP) is 7.15. The summed E-state index contributed by atoms with van der Waals surface area (Å²) in [6.07, 6.45) is 4.00. The van der Waals surface area contributed by atoms with Crippen LogP contribution in [-0.2, 0) is 19.7 Å². The number of fused-ring (bicyclic) bond motifs is 3. The molecule has 3 unspecified atom stereocenters. The average Bonchev–Trinajstić information content (AvgIpc) is 3.47. The molecule has 3 fully saturated rings. The van der Waals surface area contributed by atoms with E-state index in [1.807, 2.05) is 6.07 Å². The molecular formula is C38H52Cl2N4O6P2. The lowest BCUT2D eigenvalue weighted by Crippen LogP contribution is -2.65. The maximum absolute atomic E-state index is 15.3. The molecule has 6 rings (SSSR count). The molecule has 3 amide bonds. The number of nitrogens with zero attached hydrogens (tertiary/aromatic N) is 1. The number of benzene rings is 2. The summed E-state index contributed by atoms with van der Waals surface area (Å²) >= 11 is 13.4. The molecular weight excluding hydrogens is 741 g/mol. The van der Waals surface area contributed by atoms with Crippen molar-refractivity contribution in [2.24, 2.45) is 5.41 Å². The third-order valence-electron chi connectivity index (χ3n) is 11.7. The topological polar surface area (TPSA) is 140 Å². The Balaban J connectivity index is 1.62. The van der Waals surface area contributed by atoms with E-state index in [0.717, 1.165) is 18.4 Å². The van der Waals surface area contributed by atoms with Gasteiger partial charge in [0, 0.05) is 38.9 Å². The Hall–Kier alpha value is -2.03. The van der Waals surface area contributed by atoms with Crippen molar-refractivity contribution in [2.45, 2.75) is 138 Å². The molecule has 2 spiro atoms. The van der Waals surface area contributed by atoms with Crippen LogP contribution >= 0.6 is 41.7 Å². The molecule has 2 aromatic carbocycles. The molecule has 7 atom stereocenters. The van der Waals surface area contributed by atoms with Gasteiger partial charge in [-0.3, -0.25) is 19.8 Å². The summed E-state index contributed by atoms with van der Waals surface area (Å²) in [5, 5.41) is 31.7. The lowest BCUT2D eigenvalue weighted by molar-refractivity contribution is -0.132. The van der Waals surface area contributed by atoms with Gasteiger partial charge in [-0.15, -0.1) is 18.5 Å². The van der Waals surface area contributed by atoms with E-state index >= 15 is 9.59 Å². The van der Waals surface area contributed by atoms with E-state index in [2.05, 4.69) is 53.2 Å². The zero-order chi connectivity index (χ0) is 38.0. The summed E-state index contributed by atoms with van der Waals surface area (Å²) < 4.78 is 5.56. The Morgan fingerprint density at radius 3 is 2.27 bits per heavy atom. The number of likely N-dealkylation sites (tertiary alicyclic amines) is 1. The van der Waals surface area contributed by atoms with E-state index in [4.69, 9.17) is 27.9 Å². The van der Waals surface area contributed by atoms with Crippen LogP contribution in [0.25, 0.3) is 0 Å². The van der Waals surface area contributed by atoms with Gasteiger partial charge in [0.15, 0.2) is 0 Å². The average molecular weight is 794 g/mol. The number of anilines is 2. The summed E-state index contributed by atoms with van der Waals surface area (Å²) in [6.45, 7) is 9.77. The highest BCUT2D eigenvalue weighted by molar-refractivity contribution is 7.22. The van der Waals surface area contributed by atoms with Gasteiger partial charge in [-0.2, -0.15) is 0 Å². The summed E-state index contributed by atoms with van der Waals surface area (Å²) in [6, 6.07) is 9.44. The van der Waals surface area contributed by atoms with Crippen molar-refractivity contribution in [3.05, 3.63) is 57.6 Å². The first-order valence-electron chi connectivity index (χ1n) is 18.2. The number of aliphatic hydroxyl groups is 2. The van der Waals surface area contributed by atoms with Crippen molar-refractivity contribution in [2.75, 3.05) is 10.6 Å². The van der Waals surface area contributed by atoms with Crippen LogP contribution in [0.5, 0.6) is 0 Å². The molecule has 2 heterocycles. The third-order valence-corrected chi connectivity index (χ3v) is 13.7. The fraction of sp³-hybridized carbons (Fsp3) is 0.605. The molecule has 14 heteroatoms. The van der Waals surface area contributed by atoms with Crippen molar-refractivity contribution in [1.29, 1.82) is 0 Å². The molecule has 2 aromatic rings. The predicted molar refractivity (Wildman–Crippen MR) is 212 cm³/mol. The Kier molecular flexibility index (Phi) is 11.1. The molecule has 0 aromatic heterocycles. The Labute approximate surface area is 321 Å². The minimum atomic E-state index is -1.35. The first-order valence-corrected chi connectivity index (χ1v) is 20.2. The maximum atomic E-state index is 15.3. The van der Waals surface area contributed by atoms with E-state index < -0.39 is 52.3 Å². The van der Waals surface area contributed by atoms with Crippen molar-refractivity contribution in [3.63, 3.8) is 0 Å². The second kappa shape index (κ2) is 14.6. The van der Waals surface area contributed by atoms with Gasteiger partial charge in [0.25, 0.3) is 0 Å². The largest absolute Gasteiger partial charge is 0.444 e. The summed E-state index contributed by atoms with van der Waals surface area (Å²) in [5.74, 6) is -2.99. The highest BCUT2D eigenvalue weighted by Crippen LogP contribution is 2.68. The summed E-state index contributed by atoms with van der Waals surface area (Å²) in [4.78, 5) is 45.6. The lowest BCUT2D eigenvalue weighted by Gasteiger charge is -2.55. The number of halogens is 2. The van der Waals surface area contributed by atoms with E-state index in [1.54, 1.807) is 51.1 Å². The molecule has 5 N–H and O–H groups in total. The van der Waals surface area contributed by atoms with Crippen LogP contribution in [0.1, 0.15) is 103 Å². The summed E-state index contributed by atoms with van der Waals surface area (Å²) in [5.41, 5.74) is -0.834. The number of hydrogen-bond donors (Lipinski definition) is 5. The van der Waals surface area contributed by atoms with Crippen LogP contribution in [0.4, 0.5) is 16.2 Å². The minimum absolute atomic E-state index is 0.0225. The smallest absolute Gasteiger partial charge is 0.412 e. The number of carbonyl (C=O) groups is 3. The molecule has 4 aliphatic rings. The molecule has 2 aliphatic heterocycles. The SMILES string of the molecule is CC1(C)CCC2(CC1)N([C@H](P)[C@@H](O)P)[C@@H](C(=O)NC1CCC(O)CC1)[C@H](c1cc(Cl)cc(NC(=O)OC(C)(C)C)c1)C21C(=O)Nc2cc(Cl)ccc21. The maximum Gasteiger partial charge on any atom is 0.412 e. The monoisotopic (exact) mass is 792 g/mol. The van der Waals surface area contributed by atoms with Crippen molar-refractivity contribution >= 4 is 71.0 Å². The van der Waals surface area contributed by atoms with Gasteiger partial charge in [0.2, 0.25) is 11.8 Å². The zero-order valence-corrected chi connectivity index (χ0v) is 34.3. The Morgan fingerprint density at radius 1 is 1.00 bits per heavy atom. The van der Waals surface area contributed by atoms with Crippen LogP contribution in [-0.4, -0.2) is 74.0 Å². The van der Waals surface area contributed by atoms with E-state index in [9.17, 15) is 15.0 Å². The lowest BCUT2D eigenvalue weighted by atomic mass is 9.53. The molecule has 0 bridgehead atoms. The Morgan fingerprint density at radius 2 is 1.65 bits per heavy atom. The highest BCUT2D eigenvalue weighted by Gasteiger charge is 2.76. The fourth-order valence-corrected chi connectivity index (χ4v) is 10.4. The number of ether oxygens (including phenoxy) is 1. The minimum Gasteiger partial charge on any atom is -0.444 e. The number of amides is 3. The molecule has 52 heavy (non-hydrogen) atoms. The molecule has 10 nitrogen and oxygen atoms in total. The van der Waals surface area contributed by atoms with Gasteiger partial charge < -0.3 is 25.6 Å². The first kappa shape index (κ1) is 39.7. The van der Waals surface area contributed by atoms with Gasteiger partial charge in [-0.1, -0.05) is 43.1 Å². The van der Waals surface area contributed by atoms with E-state index in [1.165, 1.54) is 0 Å². The number of aliphatic hydroxyl groups excluding tert-OH is 2. The van der Waals surface area contributed by atoms with Gasteiger partial charge >= 0.3 is 6.09 Å². The van der Waals surface area contributed by atoms with Crippen LogP contribution in [0.3, 0.4) is 0 Å². The number of hydrogen-bond acceptors (Lipinski definition) is 7. The van der Waals surface area contributed by atoms with Crippen molar-refractivity contribution in [3.8, 4) is 0 Å². The Bertz CT molecular complexity index is 1720. The summed E-state index contributed by atoms with van der Waals surface area (Å²) in [7, 11) is 5.24. The molecule has 2 saturated carbocycles. The molecule has 1 saturated heterocycles. The third kappa shape index (κ3) is 7.23. The van der Waals surface area contributed by atoms with Gasteiger partial charge in [0.1, 0.15) is 11.0 Å². The molecule has 2 aliphatic carbocycles. The molecule has 284 valence electrons. The van der Waals surface area contributed by atoms with Gasteiger partial charge in [-0.25, -0.2) is 4.79 Å². The first-order chi connectivity index (χ1) is 24.3. The van der Waals surface area contributed by atoms with Crippen LogP contribution in [0, 0.1) is 5.41 Å². The van der Waals surface area contributed by atoms with Gasteiger partial charge in [-0.05, 0) is 119 Å². The second-order valence-corrected chi connectivity index (χ2v) is 19.1. The van der Waals surface area contributed by atoms with Crippen LogP contribution < -0.4 is 16.0 Å². The van der Waals surface area contributed by atoms with E-state index in [0.29, 0.717) is 65.5 Å². The van der Waals surface area contributed by atoms with Gasteiger partial charge in [0.05, 0.1) is 23.8 Å². The molecule has 0 radical (unpaired) electrons. The van der Waals surface area contributed by atoms with E-state index in [-0.39, 0.29) is 23.3 Å². The van der Waals surface area contributed by atoms with Crippen LogP contribution in [0.15, 0.2) is 36.4 Å². The highest BCUT2D eigenvalue weighted by atomic mass is 35.5. The van der Waals surface area contributed by atoms with Crippen LogP contribution in [0.2, 0.25) is 10.0 Å². The quantitative estimate of drug-likeness (QED) is 0.196. The second-order valence-electron chi connectivity index (χ2n) is 16.9. The van der Waals surface area contributed by atoms with Crippen molar-refractivity contribution in [1.82, 2.24) is 10.2 Å². The number of rotatable bonds is 6. The normalized spacial score (nSPS) is 29.3. The zero-order valence-electron chi connectivity index (χ0n) is 30.5. The fourth-order valence-electron chi connectivity index (χ4n) is 9.36. The standard InChI is InChI=1S/C38H52Cl2N4O6P2/c1-35(2,3)50-34(49)42-24-17-20(16-22(40)18-24)28-29(30(46)41-23-7-9-25(45)10-8-23)44(31(51)32(47)52)37(14-12-36(4,5)13-15-37)38(28)26-11-6-21(39)19-27(26)43-33(38)48/h6,11,16-19,23,25,28-29,31-32,45,47H,7-10,12-15,51-52H2,1-5H3,(H,41,46)(H,42,49)(H,43,48)/t23?,25?,28-,29+,31+,32-,38?/m0/s1. The number of nitrogens with one attached hydrogen (secondary N) is 3.